The van der Waals surface area contributed by atoms with Gasteiger partial charge in [0.2, 0.25) is 15.9 Å². The normalized spacial score (nSPS) is 11.2. The predicted molar refractivity (Wildman–Crippen MR) is 102 cm³/mol. The Labute approximate surface area is 154 Å². The average Bonchev–Trinajstić information content (AvgIpc) is 2.65. The van der Waals surface area contributed by atoms with E-state index >= 15 is 0 Å². The fraction of sp³-hybridized carbons (Fsp3) is 0.316. The van der Waals surface area contributed by atoms with E-state index in [-0.39, 0.29) is 23.9 Å². The minimum atomic E-state index is -3.65. The molecular weight excluding hydrogens is 352 g/mol. The highest BCUT2D eigenvalue weighted by molar-refractivity contribution is 7.89. The summed E-state index contributed by atoms with van der Waals surface area (Å²) in [5, 5.41) is 0. The van der Waals surface area contributed by atoms with Gasteiger partial charge in [0.1, 0.15) is 5.75 Å². The first-order chi connectivity index (χ1) is 12.4. The summed E-state index contributed by atoms with van der Waals surface area (Å²) in [6.07, 6.45) is 0.789. The molecule has 2 aromatic carbocycles. The molecule has 0 aromatic heterocycles. The Hall–Kier alpha value is -2.38. The molecular formula is C19H24N2O4S. The van der Waals surface area contributed by atoms with E-state index in [2.05, 4.69) is 4.72 Å². The Balaban J connectivity index is 2.08. The summed E-state index contributed by atoms with van der Waals surface area (Å²) in [6.45, 7) is 3.86. The van der Waals surface area contributed by atoms with Crippen molar-refractivity contribution in [2.24, 2.45) is 0 Å². The number of para-hydroxylation sites is 1. The molecule has 1 amide bonds. The molecule has 26 heavy (non-hydrogen) atoms. The molecule has 6 nitrogen and oxygen atoms in total. The number of carbonyl (C=O) groups excluding carboxylic acids is 1. The molecule has 0 bridgehead atoms. The second-order valence-electron chi connectivity index (χ2n) is 5.73. The van der Waals surface area contributed by atoms with Crippen molar-refractivity contribution in [3.63, 3.8) is 0 Å². The van der Waals surface area contributed by atoms with Crippen molar-refractivity contribution in [2.75, 3.05) is 25.1 Å². The van der Waals surface area contributed by atoms with Gasteiger partial charge in [-0.2, -0.15) is 0 Å². The van der Waals surface area contributed by atoms with E-state index in [9.17, 15) is 13.2 Å². The van der Waals surface area contributed by atoms with Crippen LogP contribution in [0, 0.1) is 0 Å². The zero-order chi connectivity index (χ0) is 19.2. The van der Waals surface area contributed by atoms with Crippen LogP contribution in [0.3, 0.4) is 0 Å². The molecule has 140 valence electrons. The highest BCUT2D eigenvalue weighted by atomic mass is 32.2. The number of carbonyl (C=O) groups is 1. The molecule has 2 aromatic rings. The van der Waals surface area contributed by atoms with Crippen molar-refractivity contribution >= 4 is 21.6 Å². The van der Waals surface area contributed by atoms with Crippen LogP contribution in [0.2, 0.25) is 0 Å². The average molecular weight is 376 g/mol. The van der Waals surface area contributed by atoms with Gasteiger partial charge in [0.25, 0.3) is 0 Å². The number of aryl methyl sites for hydroxylation is 1. The third-order valence-electron chi connectivity index (χ3n) is 4.04. The first kappa shape index (κ1) is 19.9. The quantitative estimate of drug-likeness (QED) is 0.768. The van der Waals surface area contributed by atoms with Crippen LogP contribution in [0.15, 0.2) is 53.4 Å². The second-order valence-corrected chi connectivity index (χ2v) is 7.49. The third kappa shape index (κ3) is 4.83. The van der Waals surface area contributed by atoms with Crippen molar-refractivity contribution in [3.8, 4) is 5.75 Å². The number of hydrogen-bond donors (Lipinski definition) is 1. The summed E-state index contributed by atoms with van der Waals surface area (Å²) < 4.78 is 32.3. The van der Waals surface area contributed by atoms with Crippen molar-refractivity contribution in [1.29, 1.82) is 0 Å². The molecule has 0 saturated carbocycles. The van der Waals surface area contributed by atoms with E-state index in [1.807, 2.05) is 31.2 Å². The fourth-order valence-corrected chi connectivity index (χ4v) is 3.67. The lowest BCUT2D eigenvalue weighted by molar-refractivity contribution is -0.116. The number of amides is 1. The SMILES string of the molecule is CCc1ccccc1N(CCNS(=O)(=O)c1ccc(OC)cc1)C(C)=O. The number of anilines is 1. The Kier molecular flexibility index (Phi) is 6.76. The maximum Gasteiger partial charge on any atom is 0.240 e. The van der Waals surface area contributed by atoms with E-state index in [4.69, 9.17) is 4.74 Å². The topological polar surface area (TPSA) is 75.7 Å². The molecule has 0 fully saturated rings. The smallest absolute Gasteiger partial charge is 0.240 e. The number of ether oxygens (including phenoxy) is 1. The number of benzene rings is 2. The van der Waals surface area contributed by atoms with Crippen LogP contribution in [0.25, 0.3) is 0 Å². The van der Waals surface area contributed by atoms with Gasteiger partial charge in [-0.05, 0) is 42.3 Å². The lowest BCUT2D eigenvalue weighted by atomic mass is 10.1. The summed E-state index contributed by atoms with van der Waals surface area (Å²) in [6, 6.07) is 13.8. The van der Waals surface area contributed by atoms with Gasteiger partial charge < -0.3 is 9.64 Å². The molecule has 2 rings (SSSR count). The number of hydrogen-bond acceptors (Lipinski definition) is 4. The van der Waals surface area contributed by atoms with E-state index in [1.165, 1.54) is 26.2 Å². The van der Waals surface area contributed by atoms with Gasteiger partial charge in [0, 0.05) is 25.7 Å². The fourth-order valence-electron chi connectivity index (χ4n) is 2.65. The van der Waals surface area contributed by atoms with Crippen LogP contribution in [-0.4, -0.2) is 34.5 Å². The second kappa shape index (κ2) is 8.82. The number of nitrogens with zero attached hydrogens (tertiary/aromatic N) is 1. The minimum Gasteiger partial charge on any atom is -0.497 e. The van der Waals surface area contributed by atoms with Crippen LogP contribution in [0.1, 0.15) is 19.4 Å². The Morgan fingerprint density at radius 3 is 2.35 bits per heavy atom. The molecule has 0 spiro atoms. The molecule has 0 heterocycles. The summed E-state index contributed by atoms with van der Waals surface area (Å²) in [5.41, 5.74) is 1.85. The lowest BCUT2D eigenvalue weighted by Gasteiger charge is -2.24. The van der Waals surface area contributed by atoms with Gasteiger partial charge in [0.05, 0.1) is 12.0 Å². The van der Waals surface area contributed by atoms with Crippen LogP contribution < -0.4 is 14.4 Å². The maximum atomic E-state index is 12.4. The van der Waals surface area contributed by atoms with Gasteiger partial charge in [-0.15, -0.1) is 0 Å². The Bertz CT molecular complexity index is 848. The summed E-state index contributed by atoms with van der Waals surface area (Å²) in [7, 11) is -2.13. The molecule has 1 N–H and O–H groups in total. The van der Waals surface area contributed by atoms with Gasteiger partial charge in [-0.3, -0.25) is 4.79 Å². The summed E-state index contributed by atoms with van der Waals surface area (Å²) in [4.78, 5) is 13.8. The van der Waals surface area contributed by atoms with E-state index in [0.717, 1.165) is 17.7 Å². The first-order valence-electron chi connectivity index (χ1n) is 8.38. The van der Waals surface area contributed by atoms with Crippen LogP contribution in [0.4, 0.5) is 5.69 Å². The maximum absolute atomic E-state index is 12.4. The van der Waals surface area contributed by atoms with Crippen LogP contribution >= 0.6 is 0 Å². The molecule has 0 aliphatic rings. The standard InChI is InChI=1S/C19H24N2O4S/c1-4-16-7-5-6-8-19(16)21(15(2)22)14-13-20-26(23,24)18-11-9-17(25-3)10-12-18/h5-12,20H,4,13-14H2,1-3H3. The van der Waals surface area contributed by atoms with E-state index in [1.54, 1.807) is 17.0 Å². The van der Waals surface area contributed by atoms with Gasteiger partial charge in [-0.1, -0.05) is 25.1 Å². The van der Waals surface area contributed by atoms with Crippen LogP contribution in [-0.2, 0) is 21.2 Å². The molecule has 0 unspecified atom stereocenters. The third-order valence-corrected chi connectivity index (χ3v) is 5.52. The van der Waals surface area contributed by atoms with E-state index in [0.29, 0.717) is 5.75 Å². The molecule has 0 saturated heterocycles. The number of methoxy groups -OCH3 is 1. The summed E-state index contributed by atoms with van der Waals surface area (Å²) in [5.74, 6) is 0.456. The molecule has 0 aliphatic carbocycles. The Morgan fingerprint density at radius 2 is 1.77 bits per heavy atom. The van der Waals surface area contributed by atoms with E-state index < -0.39 is 10.0 Å². The number of rotatable bonds is 8. The number of sulfonamides is 1. The van der Waals surface area contributed by atoms with Crippen molar-refractivity contribution < 1.29 is 17.9 Å². The minimum absolute atomic E-state index is 0.117. The molecule has 0 radical (unpaired) electrons. The monoisotopic (exact) mass is 376 g/mol. The lowest BCUT2D eigenvalue weighted by Crippen LogP contribution is -2.38. The zero-order valence-corrected chi connectivity index (χ0v) is 16.0. The molecule has 0 atom stereocenters. The predicted octanol–water partition coefficient (Wildman–Crippen LogP) is 2.59. The Morgan fingerprint density at radius 1 is 1.12 bits per heavy atom. The van der Waals surface area contributed by atoms with Gasteiger partial charge in [-0.25, -0.2) is 13.1 Å². The largest absolute Gasteiger partial charge is 0.497 e. The summed E-state index contributed by atoms with van der Waals surface area (Å²) >= 11 is 0. The number of nitrogens with one attached hydrogen (secondary N) is 1. The van der Waals surface area contributed by atoms with Crippen molar-refractivity contribution in [3.05, 3.63) is 54.1 Å². The van der Waals surface area contributed by atoms with Crippen molar-refractivity contribution in [1.82, 2.24) is 4.72 Å². The van der Waals surface area contributed by atoms with Gasteiger partial charge in [0.15, 0.2) is 0 Å². The highest BCUT2D eigenvalue weighted by Gasteiger charge is 2.17. The van der Waals surface area contributed by atoms with Crippen molar-refractivity contribution in [2.45, 2.75) is 25.2 Å². The zero-order valence-electron chi connectivity index (χ0n) is 15.2. The van der Waals surface area contributed by atoms with Gasteiger partial charge >= 0.3 is 0 Å². The van der Waals surface area contributed by atoms with Crippen LogP contribution in [0.5, 0.6) is 5.75 Å². The first-order valence-corrected chi connectivity index (χ1v) is 9.87. The molecule has 7 heteroatoms. The molecule has 0 aliphatic heterocycles. The highest BCUT2D eigenvalue weighted by Crippen LogP contribution is 2.21.